The standard InChI is InChI=1S/C15H21NOSe/c1-10(2)13-9-15(4,17)16-14(18-13)12-7-5-11(3)6-8-12/h5-8,10,13,17H,9H2,1-4H3/t13-,15-/m1/s1. The summed E-state index contributed by atoms with van der Waals surface area (Å²) in [6.45, 7) is 8.39. The van der Waals surface area contributed by atoms with Crippen LogP contribution in [0.2, 0.25) is 4.82 Å². The Labute approximate surface area is 116 Å². The first-order valence-electron chi connectivity index (χ1n) is 6.43. The summed E-state index contributed by atoms with van der Waals surface area (Å²) < 4.78 is 1.11. The van der Waals surface area contributed by atoms with E-state index in [4.69, 9.17) is 0 Å². The number of hydrogen-bond donors (Lipinski definition) is 1. The summed E-state index contributed by atoms with van der Waals surface area (Å²) in [6, 6.07) is 8.46. The van der Waals surface area contributed by atoms with Crippen LogP contribution in [0.5, 0.6) is 0 Å². The fraction of sp³-hybridized carbons (Fsp3) is 0.533. The molecule has 1 aromatic carbocycles. The number of aryl methyl sites for hydroxylation is 1. The summed E-state index contributed by atoms with van der Waals surface area (Å²) in [4.78, 5) is 5.12. The predicted octanol–water partition coefficient (Wildman–Crippen LogP) is 3.00. The summed E-state index contributed by atoms with van der Waals surface area (Å²) >= 11 is 0.353. The van der Waals surface area contributed by atoms with Crippen molar-refractivity contribution in [2.24, 2.45) is 10.9 Å². The van der Waals surface area contributed by atoms with E-state index in [-0.39, 0.29) is 0 Å². The SMILES string of the molecule is Cc1ccc(C2=N[C@](C)(O)C[C@H](C(C)C)[Se]2)cc1. The minimum atomic E-state index is -0.894. The monoisotopic (exact) mass is 311 g/mol. The quantitative estimate of drug-likeness (QED) is 0.837. The molecule has 0 saturated heterocycles. The number of aliphatic hydroxyl groups is 1. The average Bonchev–Trinajstić information content (AvgIpc) is 2.27. The molecule has 1 aliphatic heterocycles. The van der Waals surface area contributed by atoms with Gasteiger partial charge in [-0.2, -0.15) is 0 Å². The van der Waals surface area contributed by atoms with Gasteiger partial charge in [-0.15, -0.1) is 0 Å². The van der Waals surface area contributed by atoms with Crippen molar-refractivity contribution < 1.29 is 5.11 Å². The zero-order valence-corrected chi connectivity index (χ0v) is 13.2. The van der Waals surface area contributed by atoms with Crippen molar-refractivity contribution >= 4 is 19.6 Å². The number of hydrogen-bond acceptors (Lipinski definition) is 2. The third-order valence-electron chi connectivity index (χ3n) is 3.24. The van der Waals surface area contributed by atoms with Crippen molar-refractivity contribution in [3.8, 4) is 0 Å². The molecule has 1 heterocycles. The summed E-state index contributed by atoms with van der Waals surface area (Å²) in [6.07, 6.45) is 0.792. The van der Waals surface area contributed by atoms with Crippen LogP contribution < -0.4 is 0 Å². The molecule has 0 spiro atoms. The molecule has 2 rings (SSSR count). The number of aliphatic imine (C=N–C) groups is 1. The molecule has 0 bridgehead atoms. The van der Waals surface area contributed by atoms with Gasteiger partial charge in [-0.3, -0.25) is 0 Å². The van der Waals surface area contributed by atoms with Crippen molar-refractivity contribution in [1.29, 1.82) is 0 Å². The summed E-state index contributed by atoms with van der Waals surface area (Å²) in [7, 11) is 0. The Hall–Kier alpha value is -0.631. The Morgan fingerprint density at radius 2 is 1.94 bits per heavy atom. The molecule has 0 amide bonds. The first-order chi connectivity index (χ1) is 8.37. The van der Waals surface area contributed by atoms with E-state index in [0.29, 0.717) is 25.7 Å². The second-order valence-electron chi connectivity index (χ2n) is 5.60. The van der Waals surface area contributed by atoms with Crippen molar-refractivity contribution in [2.45, 2.75) is 44.7 Å². The molecule has 0 fully saturated rings. The van der Waals surface area contributed by atoms with Crippen LogP contribution in [0, 0.1) is 12.8 Å². The van der Waals surface area contributed by atoms with E-state index in [1.54, 1.807) is 0 Å². The second-order valence-corrected chi connectivity index (χ2v) is 8.18. The van der Waals surface area contributed by atoms with Crippen molar-refractivity contribution in [3.05, 3.63) is 35.4 Å². The molecule has 2 atom stereocenters. The second kappa shape index (κ2) is 5.16. The van der Waals surface area contributed by atoms with Gasteiger partial charge in [0.1, 0.15) is 0 Å². The Balaban J connectivity index is 2.31. The predicted molar refractivity (Wildman–Crippen MR) is 77.3 cm³/mol. The molecule has 0 saturated carbocycles. The van der Waals surface area contributed by atoms with Crippen molar-refractivity contribution in [3.63, 3.8) is 0 Å². The van der Waals surface area contributed by atoms with E-state index >= 15 is 0 Å². The van der Waals surface area contributed by atoms with Gasteiger partial charge < -0.3 is 0 Å². The first-order valence-corrected chi connectivity index (χ1v) is 8.28. The Morgan fingerprint density at radius 1 is 1.33 bits per heavy atom. The molecular formula is C15H21NOSe. The maximum atomic E-state index is 10.3. The first kappa shape index (κ1) is 13.8. The van der Waals surface area contributed by atoms with E-state index < -0.39 is 5.72 Å². The van der Waals surface area contributed by atoms with E-state index in [1.807, 2.05) is 6.92 Å². The van der Waals surface area contributed by atoms with Gasteiger partial charge in [0, 0.05) is 0 Å². The molecule has 0 radical (unpaired) electrons. The third kappa shape index (κ3) is 3.22. The fourth-order valence-corrected chi connectivity index (χ4v) is 5.16. The van der Waals surface area contributed by atoms with E-state index in [2.05, 4.69) is 50.0 Å². The average molecular weight is 310 g/mol. The molecule has 1 aromatic rings. The maximum absolute atomic E-state index is 10.3. The topological polar surface area (TPSA) is 32.6 Å². The van der Waals surface area contributed by atoms with Crippen LogP contribution in [0.25, 0.3) is 0 Å². The van der Waals surface area contributed by atoms with Crippen LogP contribution in [0.3, 0.4) is 0 Å². The fourth-order valence-electron chi connectivity index (χ4n) is 2.06. The van der Waals surface area contributed by atoms with Gasteiger partial charge >= 0.3 is 116 Å². The van der Waals surface area contributed by atoms with Gasteiger partial charge in [0.15, 0.2) is 0 Å². The van der Waals surface area contributed by atoms with E-state index in [0.717, 1.165) is 11.0 Å². The molecule has 3 heteroatoms. The zero-order valence-electron chi connectivity index (χ0n) is 11.5. The van der Waals surface area contributed by atoms with Crippen LogP contribution in [-0.4, -0.2) is 30.4 Å². The summed E-state index contributed by atoms with van der Waals surface area (Å²) in [5.41, 5.74) is 1.54. The van der Waals surface area contributed by atoms with Crippen molar-refractivity contribution in [1.82, 2.24) is 0 Å². The Kier molecular flexibility index (Phi) is 3.96. The molecule has 0 unspecified atom stereocenters. The van der Waals surface area contributed by atoms with Crippen LogP contribution >= 0.6 is 0 Å². The number of nitrogens with zero attached hydrogens (tertiary/aromatic N) is 1. The Morgan fingerprint density at radius 3 is 2.50 bits per heavy atom. The van der Waals surface area contributed by atoms with Gasteiger partial charge in [0.2, 0.25) is 0 Å². The Bertz CT molecular complexity index is 448. The molecule has 0 aliphatic carbocycles. The van der Waals surface area contributed by atoms with Gasteiger partial charge in [-0.05, 0) is 0 Å². The van der Waals surface area contributed by atoms with Crippen molar-refractivity contribution in [2.75, 3.05) is 0 Å². The zero-order chi connectivity index (χ0) is 13.3. The molecule has 1 N–H and O–H groups in total. The molecule has 18 heavy (non-hydrogen) atoms. The van der Waals surface area contributed by atoms with Crippen LogP contribution in [0.4, 0.5) is 0 Å². The van der Waals surface area contributed by atoms with Gasteiger partial charge in [0.25, 0.3) is 0 Å². The van der Waals surface area contributed by atoms with Crippen LogP contribution in [-0.2, 0) is 0 Å². The molecule has 98 valence electrons. The third-order valence-corrected chi connectivity index (χ3v) is 6.52. The van der Waals surface area contributed by atoms with E-state index in [9.17, 15) is 5.11 Å². The summed E-state index contributed by atoms with van der Waals surface area (Å²) in [5.74, 6) is 0.604. The summed E-state index contributed by atoms with van der Waals surface area (Å²) in [5, 5.41) is 10.3. The van der Waals surface area contributed by atoms with E-state index in [1.165, 1.54) is 11.1 Å². The van der Waals surface area contributed by atoms with Gasteiger partial charge in [-0.25, -0.2) is 0 Å². The number of benzene rings is 1. The number of rotatable bonds is 2. The molecule has 1 aliphatic rings. The molecule has 0 aromatic heterocycles. The van der Waals surface area contributed by atoms with Crippen LogP contribution in [0.15, 0.2) is 29.3 Å². The van der Waals surface area contributed by atoms with Crippen LogP contribution in [0.1, 0.15) is 38.3 Å². The van der Waals surface area contributed by atoms with Gasteiger partial charge in [0.05, 0.1) is 0 Å². The molecular weight excluding hydrogens is 289 g/mol. The van der Waals surface area contributed by atoms with Gasteiger partial charge in [-0.1, -0.05) is 0 Å². The minimum absolute atomic E-state index is 0.353. The molecule has 2 nitrogen and oxygen atoms in total. The normalized spacial score (nSPS) is 28.3.